The minimum Gasteiger partial charge on any atom is -0.390 e. The highest BCUT2D eigenvalue weighted by atomic mass is 19.3. The molecule has 0 aromatic rings. The third-order valence-corrected chi connectivity index (χ3v) is 4.19. The van der Waals surface area contributed by atoms with Crippen LogP contribution in [0.2, 0.25) is 0 Å². The highest BCUT2D eigenvalue weighted by Crippen LogP contribution is 2.45. The van der Waals surface area contributed by atoms with Gasteiger partial charge in [-0.15, -0.1) is 0 Å². The Morgan fingerprint density at radius 2 is 1.63 bits per heavy atom. The predicted octanol–water partition coefficient (Wildman–Crippen LogP) is 1.71. The van der Waals surface area contributed by atoms with Gasteiger partial charge in [-0.05, 0) is 18.3 Å². The summed E-state index contributed by atoms with van der Waals surface area (Å²) in [7, 11) is 0. The van der Waals surface area contributed by atoms with Crippen LogP contribution in [0.25, 0.3) is 0 Å². The van der Waals surface area contributed by atoms with Gasteiger partial charge in [0.05, 0.1) is 6.54 Å². The number of nitrogens with zero attached hydrogens (tertiary/aromatic N) is 1. The van der Waals surface area contributed by atoms with Crippen LogP contribution in [0.4, 0.5) is 8.78 Å². The average Bonchev–Trinajstić information content (AvgIpc) is 2.35. The van der Waals surface area contributed by atoms with Crippen LogP contribution in [0.15, 0.2) is 0 Å². The largest absolute Gasteiger partial charge is 0.390 e. The number of imide groups is 1. The maximum absolute atomic E-state index is 13.1. The van der Waals surface area contributed by atoms with Crippen LogP contribution in [0.1, 0.15) is 44.9 Å². The van der Waals surface area contributed by atoms with E-state index in [1.807, 2.05) is 0 Å². The number of amides is 2. The molecule has 2 amide bonds. The average molecular weight is 275 g/mol. The first kappa shape index (κ1) is 14.4. The fourth-order valence-corrected chi connectivity index (χ4v) is 3.15. The Labute approximate surface area is 110 Å². The molecule has 0 bridgehead atoms. The molecule has 1 saturated carbocycles. The van der Waals surface area contributed by atoms with Crippen molar-refractivity contribution in [1.82, 2.24) is 4.90 Å². The number of hydrogen-bond donors (Lipinski definition) is 1. The molecule has 1 aliphatic carbocycles. The fraction of sp³-hybridized carbons (Fsp3) is 0.846. The molecular formula is C13H19F2NO3. The first-order chi connectivity index (χ1) is 8.87. The minimum absolute atomic E-state index is 0.181. The molecule has 19 heavy (non-hydrogen) atoms. The minimum atomic E-state index is -3.41. The SMILES string of the molecule is O=C1CC2(CCCCC2)CC(=O)N1CC(F)(F)CO. The second-order valence-electron chi connectivity index (χ2n) is 5.80. The van der Waals surface area contributed by atoms with Crippen LogP contribution in [-0.2, 0) is 9.59 Å². The Bertz CT molecular complexity index is 358. The number of carbonyl (C=O) groups excluding carboxylic acids is 2. The van der Waals surface area contributed by atoms with E-state index in [2.05, 4.69) is 0 Å². The molecule has 0 unspecified atom stereocenters. The lowest BCUT2D eigenvalue weighted by Crippen LogP contribution is -2.52. The Morgan fingerprint density at radius 1 is 1.11 bits per heavy atom. The van der Waals surface area contributed by atoms with E-state index in [4.69, 9.17) is 5.11 Å². The van der Waals surface area contributed by atoms with Gasteiger partial charge in [-0.3, -0.25) is 14.5 Å². The van der Waals surface area contributed by atoms with Crippen molar-refractivity contribution in [3.05, 3.63) is 0 Å². The Balaban J connectivity index is 2.07. The van der Waals surface area contributed by atoms with E-state index >= 15 is 0 Å². The summed E-state index contributed by atoms with van der Waals surface area (Å²) in [5, 5.41) is 8.54. The van der Waals surface area contributed by atoms with Gasteiger partial charge in [0, 0.05) is 12.8 Å². The van der Waals surface area contributed by atoms with Crippen molar-refractivity contribution in [3.8, 4) is 0 Å². The highest BCUT2D eigenvalue weighted by molar-refractivity contribution is 5.98. The summed E-state index contributed by atoms with van der Waals surface area (Å²) in [6.45, 7) is -2.35. The third-order valence-electron chi connectivity index (χ3n) is 4.19. The number of likely N-dealkylation sites (tertiary alicyclic amines) is 1. The topological polar surface area (TPSA) is 57.6 Å². The summed E-state index contributed by atoms with van der Waals surface area (Å²) in [5.74, 6) is -4.46. The summed E-state index contributed by atoms with van der Waals surface area (Å²) >= 11 is 0. The summed E-state index contributed by atoms with van der Waals surface area (Å²) < 4.78 is 26.2. The van der Waals surface area contributed by atoms with Crippen molar-refractivity contribution >= 4 is 11.8 Å². The van der Waals surface area contributed by atoms with Gasteiger partial charge in [-0.2, -0.15) is 0 Å². The second kappa shape index (κ2) is 5.15. The van der Waals surface area contributed by atoms with Crippen molar-refractivity contribution < 1.29 is 23.5 Å². The number of alkyl halides is 2. The molecule has 1 spiro atoms. The van der Waals surface area contributed by atoms with Crippen LogP contribution < -0.4 is 0 Å². The van der Waals surface area contributed by atoms with Gasteiger partial charge < -0.3 is 5.11 Å². The normalized spacial score (nSPS) is 24.1. The van der Waals surface area contributed by atoms with Crippen molar-refractivity contribution in [3.63, 3.8) is 0 Å². The van der Waals surface area contributed by atoms with E-state index in [0.717, 1.165) is 32.1 Å². The van der Waals surface area contributed by atoms with E-state index in [9.17, 15) is 18.4 Å². The van der Waals surface area contributed by atoms with Gasteiger partial charge in [0.2, 0.25) is 11.8 Å². The lowest BCUT2D eigenvalue weighted by Gasteiger charge is -2.42. The third kappa shape index (κ3) is 3.11. The molecule has 0 radical (unpaired) electrons. The van der Waals surface area contributed by atoms with Crippen molar-refractivity contribution in [1.29, 1.82) is 0 Å². The predicted molar refractivity (Wildman–Crippen MR) is 63.5 cm³/mol. The number of aliphatic hydroxyl groups is 1. The van der Waals surface area contributed by atoms with Crippen molar-refractivity contribution in [2.24, 2.45) is 5.41 Å². The summed E-state index contributed by atoms with van der Waals surface area (Å²) in [6.07, 6.45) is 5.11. The molecule has 2 rings (SSSR count). The second-order valence-corrected chi connectivity index (χ2v) is 5.80. The molecule has 1 aliphatic heterocycles. The number of piperidine rings is 1. The summed E-state index contributed by atoms with van der Waals surface area (Å²) in [6, 6.07) is 0. The van der Waals surface area contributed by atoms with E-state index in [0.29, 0.717) is 4.90 Å². The van der Waals surface area contributed by atoms with Gasteiger partial charge in [-0.25, -0.2) is 8.78 Å². The maximum Gasteiger partial charge on any atom is 0.288 e. The zero-order chi connectivity index (χ0) is 14.1. The molecule has 2 aliphatic rings. The van der Waals surface area contributed by atoms with Gasteiger partial charge in [0.1, 0.15) is 6.61 Å². The zero-order valence-corrected chi connectivity index (χ0v) is 10.8. The Morgan fingerprint density at radius 3 is 2.11 bits per heavy atom. The zero-order valence-electron chi connectivity index (χ0n) is 10.8. The fourth-order valence-electron chi connectivity index (χ4n) is 3.15. The van der Waals surface area contributed by atoms with E-state index in [1.54, 1.807) is 0 Å². The summed E-state index contributed by atoms with van der Waals surface area (Å²) in [4.78, 5) is 24.5. The van der Waals surface area contributed by atoms with Crippen LogP contribution >= 0.6 is 0 Å². The molecule has 2 fully saturated rings. The molecule has 1 N–H and O–H groups in total. The maximum atomic E-state index is 13.1. The van der Waals surface area contributed by atoms with Crippen LogP contribution in [0, 0.1) is 5.41 Å². The molecule has 6 heteroatoms. The van der Waals surface area contributed by atoms with Gasteiger partial charge >= 0.3 is 0 Å². The van der Waals surface area contributed by atoms with Crippen molar-refractivity contribution in [2.45, 2.75) is 50.9 Å². The molecule has 1 heterocycles. The van der Waals surface area contributed by atoms with E-state index in [1.165, 1.54) is 0 Å². The molecule has 0 aromatic carbocycles. The monoisotopic (exact) mass is 275 g/mol. The molecule has 0 aromatic heterocycles. The Hall–Kier alpha value is -1.04. The number of carbonyl (C=O) groups is 2. The van der Waals surface area contributed by atoms with Crippen molar-refractivity contribution in [2.75, 3.05) is 13.2 Å². The van der Waals surface area contributed by atoms with Gasteiger partial charge in [0.25, 0.3) is 5.92 Å². The van der Waals surface area contributed by atoms with Gasteiger partial charge in [-0.1, -0.05) is 19.3 Å². The first-order valence-corrected chi connectivity index (χ1v) is 6.69. The summed E-state index contributed by atoms with van der Waals surface area (Å²) in [5.41, 5.74) is -0.294. The quantitative estimate of drug-likeness (QED) is 0.798. The molecule has 0 atom stereocenters. The lowest BCUT2D eigenvalue weighted by molar-refractivity contribution is -0.162. The van der Waals surface area contributed by atoms with Crippen LogP contribution in [-0.4, -0.2) is 40.9 Å². The highest BCUT2D eigenvalue weighted by Gasteiger charge is 2.46. The van der Waals surface area contributed by atoms with Crippen LogP contribution in [0.3, 0.4) is 0 Å². The van der Waals surface area contributed by atoms with Crippen LogP contribution in [0.5, 0.6) is 0 Å². The number of rotatable bonds is 3. The van der Waals surface area contributed by atoms with E-state index in [-0.39, 0.29) is 18.3 Å². The molecule has 4 nitrogen and oxygen atoms in total. The number of aliphatic hydroxyl groups excluding tert-OH is 1. The Kier molecular flexibility index (Phi) is 3.90. The molecule has 1 saturated heterocycles. The number of hydrogen-bond acceptors (Lipinski definition) is 3. The number of halogens is 2. The van der Waals surface area contributed by atoms with E-state index < -0.39 is 30.9 Å². The van der Waals surface area contributed by atoms with Gasteiger partial charge in [0.15, 0.2) is 0 Å². The first-order valence-electron chi connectivity index (χ1n) is 6.69. The lowest BCUT2D eigenvalue weighted by atomic mass is 9.67. The smallest absolute Gasteiger partial charge is 0.288 e. The molecule has 108 valence electrons. The standard InChI is InChI=1S/C13H19F2NO3/c14-13(15,9-17)8-16-10(18)6-12(7-11(16)19)4-2-1-3-5-12/h17H,1-9H2. The molecular weight excluding hydrogens is 256 g/mol.